The van der Waals surface area contributed by atoms with Crippen molar-refractivity contribution < 1.29 is 19.0 Å². The number of carbonyl (C=O) groups is 1. The van der Waals surface area contributed by atoms with Crippen molar-refractivity contribution >= 4 is 5.97 Å². The molecule has 1 fully saturated rings. The van der Waals surface area contributed by atoms with Gasteiger partial charge in [-0.05, 0) is 26.8 Å². The number of pyridine rings is 1. The van der Waals surface area contributed by atoms with Crippen molar-refractivity contribution in [2.24, 2.45) is 0 Å². The fourth-order valence-electron chi connectivity index (χ4n) is 2.27. The Morgan fingerprint density at radius 3 is 3.06 bits per heavy atom. The molecular weight excluding hydrogens is 234 g/mol. The van der Waals surface area contributed by atoms with E-state index in [0.717, 1.165) is 5.56 Å². The fraction of sp³-hybridized carbons (Fsp3) is 0.538. The molecule has 2 aliphatic heterocycles. The van der Waals surface area contributed by atoms with Gasteiger partial charge in [0.2, 0.25) is 5.88 Å². The Kier molecular flexibility index (Phi) is 2.35. The molecule has 18 heavy (non-hydrogen) atoms. The number of fused-ring (bicyclic) bond motifs is 3. The molecular formula is C13H15NO4. The Balaban J connectivity index is 1.94. The number of aromatic nitrogens is 1. The van der Waals surface area contributed by atoms with E-state index in [1.165, 1.54) is 6.20 Å². The number of ether oxygens (including phenoxy) is 3. The van der Waals surface area contributed by atoms with Gasteiger partial charge >= 0.3 is 5.97 Å². The lowest BCUT2D eigenvalue weighted by Crippen LogP contribution is -2.38. The molecule has 0 radical (unpaired) electrons. The van der Waals surface area contributed by atoms with Gasteiger partial charge < -0.3 is 14.2 Å². The summed E-state index contributed by atoms with van der Waals surface area (Å²) in [5.74, 6) is 0.182. The van der Waals surface area contributed by atoms with Gasteiger partial charge in [-0.2, -0.15) is 0 Å². The third kappa shape index (κ3) is 1.66. The highest BCUT2D eigenvalue weighted by Crippen LogP contribution is 2.52. The van der Waals surface area contributed by atoms with E-state index in [9.17, 15) is 4.79 Å². The van der Waals surface area contributed by atoms with E-state index >= 15 is 0 Å². The van der Waals surface area contributed by atoms with Crippen LogP contribution in [0.25, 0.3) is 0 Å². The summed E-state index contributed by atoms with van der Waals surface area (Å²) < 4.78 is 16.3. The molecule has 5 heteroatoms. The van der Waals surface area contributed by atoms with Gasteiger partial charge in [0.1, 0.15) is 17.8 Å². The molecule has 2 atom stereocenters. The van der Waals surface area contributed by atoms with E-state index < -0.39 is 0 Å². The molecule has 0 unspecified atom stereocenters. The molecule has 1 aromatic heterocycles. The van der Waals surface area contributed by atoms with Crippen LogP contribution in [0, 0.1) is 0 Å². The number of nitrogens with zero attached hydrogens (tertiary/aromatic N) is 1. The summed E-state index contributed by atoms with van der Waals surface area (Å²) in [5.41, 5.74) is 0.911. The lowest BCUT2D eigenvalue weighted by Gasteiger charge is -2.28. The van der Waals surface area contributed by atoms with E-state index in [4.69, 9.17) is 14.2 Å². The van der Waals surface area contributed by atoms with Crippen molar-refractivity contribution in [1.82, 2.24) is 4.98 Å². The average molecular weight is 249 g/mol. The zero-order valence-corrected chi connectivity index (χ0v) is 10.6. The largest absolute Gasteiger partial charge is 0.468 e. The molecule has 2 aliphatic rings. The molecule has 0 saturated carbocycles. The second-order valence-corrected chi connectivity index (χ2v) is 5.02. The second-order valence-electron chi connectivity index (χ2n) is 5.02. The molecule has 0 aliphatic carbocycles. The zero-order valence-electron chi connectivity index (χ0n) is 10.6. The van der Waals surface area contributed by atoms with Crippen LogP contribution in [-0.4, -0.2) is 29.3 Å². The first-order valence-electron chi connectivity index (χ1n) is 6.04. The van der Waals surface area contributed by atoms with Crippen molar-refractivity contribution in [3.8, 4) is 5.88 Å². The van der Waals surface area contributed by atoms with Crippen LogP contribution in [0.4, 0.5) is 0 Å². The monoisotopic (exact) mass is 249 g/mol. The predicted octanol–water partition coefficient (Wildman–Crippen LogP) is 1.87. The topological polar surface area (TPSA) is 61.0 Å². The Bertz CT molecular complexity index is 512. The van der Waals surface area contributed by atoms with Crippen LogP contribution in [0.15, 0.2) is 12.3 Å². The highest BCUT2D eigenvalue weighted by atomic mass is 16.6. The number of rotatable bonds is 2. The van der Waals surface area contributed by atoms with Gasteiger partial charge in [-0.1, -0.05) is 0 Å². The minimum absolute atomic E-state index is 0.00868. The van der Waals surface area contributed by atoms with E-state index in [-0.39, 0.29) is 23.8 Å². The summed E-state index contributed by atoms with van der Waals surface area (Å²) in [4.78, 5) is 15.8. The lowest BCUT2D eigenvalue weighted by molar-refractivity contribution is 0.0524. The van der Waals surface area contributed by atoms with Crippen LogP contribution >= 0.6 is 0 Å². The standard InChI is InChI=1S/C13H15NO4/c1-4-16-12(15)7-5-8-9-10(17-9)13(2,3)18-11(8)14-6-7/h5-6,9-10H,4H2,1-3H3/t9-,10-/m1/s1. The first-order chi connectivity index (χ1) is 8.53. The van der Waals surface area contributed by atoms with Crippen molar-refractivity contribution in [2.75, 3.05) is 6.61 Å². The lowest BCUT2D eigenvalue weighted by atomic mass is 9.95. The Morgan fingerprint density at radius 2 is 2.33 bits per heavy atom. The van der Waals surface area contributed by atoms with Gasteiger partial charge in [0.25, 0.3) is 0 Å². The number of epoxide rings is 1. The van der Waals surface area contributed by atoms with Crippen molar-refractivity contribution in [3.05, 3.63) is 23.4 Å². The van der Waals surface area contributed by atoms with Gasteiger partial charge in [-0.15, -0.1) is 0 Å². The molecule has 0 aromatic carbocycles. The number of esters is 1. The first-order valence-corrected chi connectivity index (χ1v) is 6.04. The normalized spacial score (nSPS) is 26.6. The van der Waals surface area contributed by atoms with Crippen LogP contribution in [0.1, 0.15) is 42.8 Å². The third-order valence-corrected chi connectivity index (χ3v) is 3.23. The Morgan fingerprint density at radius 1 is 1.56 bits per heavy atom. The molecule has 5 nitrogen and oxygen atoms in total. The van der Waals surface area contributed by atoms with Gasteiger partial charge in [-0.25, -0.2) is 9.78 Å². The average Bonchev–Trinajstić information content (AvgIpc) is 3.09. The fourth-order valence-corrected chi connectivity index (χ4v) is 2.27. The summed E-state index contributed by atoms with van der Waals surface area (Å²) in [6, 6.07) is 1.75. The highest BCUT2D eigenvalue weighted by molar-refractivity contribution is 5.89. The number of hydrogen-bond donors (Lipinski definition) is 0. The summed E-state index contributed by atoms with van der Waals surface area (Å²) in [7, 11) is 0. The third-order valence-electron chi connectivity index (χ3n) is 3.23. The zero-order chi connectivity index (χ0) is 12.9. The minimum atomic E-state index is -0.366. The van der Waals surface area contributed by atoms with Crippen molar-refractivity contribution in [1.29, 1.82) is 0 Å². The molecule has 3 heterocycles. The summed E-state index contributed by atoms with van der Waals surface area (Å²) in [5, 5.41) is 0. The van der Waals surface area contributed by atoms with Gasteiger partial charge in [0.15, 0.2) is 0 Å². The minimum Gasteiger partial charge on any atom is -0.468 e. The maximum atomic E-state index is 11.6. The summed E-state index contributed by atoms with van der Waals surface area (Å²) >= 11 is 0. The first kappa shape index (κ1) is 11.5. The maximum Gasteiger partial charge on any atom is 0.339 e. The number of carbonyl (C=O) groups excluding carboxylic acids is 1. The summed E-state index contributed by atoms with van der Waals surface area (Å²) in [6.07, 6.45) is 1.52. The molecule has 1 saturated heterocycles. The molecule has 96 valence electrons. The molecule has 1 aromatic rings. The van der Waals surface area contributed by atoms with E-state index in [1.54, 1.807) is 13.0 Å². The molecule has 0 spiro atoms. The SMILES string of the molecule is CCOC(=O)c1cnc2c(c1)[C@H]1O[C@H]1C(C)(C)O2. The van der Waals surface area contributed by atoms with E-state index in [0.29, 0.717) is 18.1 Å². The molecule has 3 rings (SSSR count). The maximum absolute atomic E-state index is 11.6. The molecule has 0 bridgehead atoms. The molecule has 0 amide bonds. The smallest absolute Gasteiger partial charge is 0.339 e. The second kappa shape index (κ2) is 3.68. The van der Waals surface area contributed by atoms with Gasteiger partial charge in [0.05, 0.1) is 12.2 Å². The Hall–Kier alpha value is -1.62. The highest BCUT2D eigenvalue weighted by Gasteiger charge is 2.57. The quantitative estimate of drug-likeness (QED) is 0.591. The number of hydrogen-bond acceptors (Lipinski definition) is 5. The van der Waals surface area contributed by atoms with Crippen LogP contribution in [0.5, 0.6) is 5.88 Å². The van der Waals surface area contributed by atoms with Crippen LogP contribution < -0.4 is 4.74 Å². The van der Waals surface area contributed by atoms with E-state index in [2.05, 4.69) is 4.98 Å². The van der Waals surface area contributed by atoms with Crippen LogP contribution in [0.2, 0.25) is 0 Å². The molecule has 0 N–H and O–H groups in total. The Labute approximate surface area is 105 Å². The van der Waals surface area contributed by atoms with Crippen molar-refractivity contribution in [2.45, 2.75) is 38.6 Å². The van der Waals surface area contributed by atoms with Gasteiger partial charge in [0, 0.05) is 11.8 Å². The van der Waals surface area contributed by atoms with Crippen LogP contribution in [0.3, 0.4) is 0 Å². The van der Waals surface area contributed by atoms with Crippen molar-refractivity contribution in [3.63, 3.8) is 0 Å². The summed E-state index contributed by atoms with van der Waals surface area (Å²) in [6.45, 7) is 6.07. The van der Waals surface area contributed by atoms with Gasteiger partial charge in [-0.3, -0.25) is 0 Å². The predicted molar refractivity (Wildman–Crippen MR) is 62.5 cm³/mol. The van der Waals surface area contributed by atoms with Crippen LogP contribution in [-0.2, 0) is 9.47 Å². The van der Waals surface area contributed by atoms with E-state index in [1.807, 2.05) is 13.8 Å².